The molecule has 78 valence electrons. The number of nitrogens with two attached hydrogens (primary N) is 1. The number of hydrogen-bond acceptors (Lipinski definition) is 5. The molecule has 2 rings (SSSR count). The largest absolute Gasteiger partial charge is 0.456 e. The highest BCUT2D eigenvalue weighted by Crippen LogP contribution is 2.18. The van der Waals surface area contributed by atoms with Crippen molar-refractivity contribution in [3.63, 3.8) is 0 Å². The van der Waals surface area contributed by atoms with Crippen LogP contribution in [0.2, 0.25) is 0 Å². The van der Waals surface area contributed by atoms with E-state index in [9.17, 15) is 4.79 Å². The van der Waals surface area contributed by atoms with E-state index in [2.05, 4.69) is 4.98 Å². The number of furan rings is 1. The fourth-order valence-electron chi connectivity index (χ4n) is 1.20. The Hall–Kier alpha value is -1.46. The van der Waals surface area contributed by atoms with Crippen LogP contribution in [0.4, 0.5) is 0 Å². The van der Waals surface area contributed by atoms with Crippen LogP contribution in [-0.2, 0) is 6.54 Å². The molecule has 0 atom stereocenters. The summed E-state index contributed by atoms with van der Waals surface area (Å²) in [6.45, 7) is 2.16. The van der Waals surface area contributed by atoms with Crippen molar-refractivity contribution in [1.82, 2.24) is 4.98 Å². The SMILES string of the molecule is Cc1ncc(C(=O)c2ccc(CN)o2)s1. The predicted molar refractivity (Wildman–Crippen MR) is 56.9 cm³/mol. The van der Waals surface area contributed by atoms with Gasteiger partial charge in [-0.25, -0.2) is 4.98 Å². The normalized spacial score (nSPS) is 10.5. The minimum absolute atomic E-state index is 0.139. The van der Waals surface area contributed by atoms with Crippen molar-refractivity contribution < 1.29 is 9.21 Å². The maximum absolute atomic E-state index is 11.8. The molecule has 0 aromatic carbocycles. The number of hydrogen-bond donors (Lipinski definition) is 1. The molecule has 2 aromatic rings. The molecule has 0 bridgehead atoms. The van der Waals surface area contributed by atoms with Crippen LogP contribution < -0.4 is 5.73 Å². The summed E-state index contributed by atoms with van der Waals surface area (Å²) < 4.78 is 5.26. The van der Waals surface area contributed by atoms with Gasteiger partial charge in [-0.1, -0.05) is 0 Å². The number of aromatic nitrogens is 1. The molecule has 2 aromatic heterocycles. The van der Waals surface area contributed by atoms with Crippen LogP contribution in [0.25, 0.3) is 0 Å². The summed E-state index contributed by atoms with van der Waals surface area (Å²) in [4.78, 5) is 16.4. The van der Waals surface area contributed by atoms with Gasteiger partial charge in [0.25, 0.3) is 0 Å². The number of nitrogens with zero attached hydrogens (tertiary/aromatic N) is 1. The van der Waals surface area contributed by atoms with Crippen LogP contribution in [-0.4, -0.2) is 10.8 Å². The molecule has 0 radical (unpaired) electrons. The molecule has 0 spiro atoms. The van der Waals surface area contributed by atoms with Gasteiger partial charge in [-0.2, -0.15) is 0 Å². The van der Waals surface area contributed by atoms with Gasteiger partial charge in [0.1, 0.15) is 5.76 Å². The summed E-state index contributed by atoms with van der Waals surface area (Å²) in [6.07, 6.45) is 1.56. The molecule has 2 N–H and O–H groups in total. The molecule has 0 aliphatic heterocycles. The van der Waals surface area contributed by atoms with Crippen LogP contribution in [0.3, 0.4) is 0 Å². The third kappa shape index (κ3) is 1.98. The van der Waals surface area contributed by atoms with Gasteiger partial charge < -0.3 is 10.2 Å². The minimum atomic E-state index is -0.139. The lowest BCUT2D eigenvalue weighted by molar-refractivity contribution is 0.101. The summed E-state index contributed by atoms with van der Waals surface area (Å²) in [5.41, 5.74) is 5.39. The van der Waals surface area contributed by atoms with E-state index in [1.54, 1.807) is 18.3 Å². The number of carbonyl (C=O) groups excluding carboxylic acids is 1. The maximum Gasteiger partial charge on any atom is 0.239 e. The van der Waals surface area contributed by atoms with Crippen LogP contribution in [0.1, 0.15) is 26.2 Å². The Kier molecular flexibility index (Phi) is 2.66. The molecule has 0 saturated carbocycles. The van der Waals surface area contributed by atoms with E-state index in [-0.39, 0.29) is 5.78 Å². The van der Waals surface area contributed by atoms with Gasteiger partial charge in [-0.15, -0.1) is 11.3 Å². The third-order valence-electron chi connectivity index (χ3n) is 1.93. The molecule has 0 amide bonds. The Morgan fingerprint density at radius 3 is 2.93 bits per heavy atom. The van der Waals surface area contributed by atoms with Crippen molar-refractivity contribution in [2.75, 3.05) is 0 Å². The lowest BCUT2D eigenvalue weighted by Crippen LogP contribution is -1.97. The number of carbonyl (C=O) groups is 1. The summed E-state index contributed by atoms with van der Waals surface area (Å²) in [5.74, 6) is 0.791. The van der Waals surface area contributed by atoms with Gasteiger partial charge in [0.15, 0.2) is 5.76 Å². The Labute approximate surface area is 90.7 Å². The first-order valence-electron chi connectivity index (χ1n) is 4.46. The molecular weight excluding hydrogens is 212 g/mol. The summed E-state index contributed by atoms with van der Waals surface area (Å²) in [5, 5.41) is 0.865. The molecule has 15 heavy (non-hydrogen) atoms. The Morgan fingerprint density at radius 2 is 2.40 bits per heavy atom. The lowest BCUT2D eigenvalue weighted by atomic mass is 10.3. The Balaban J connectivity index is 2.28. The standard InChI is InChI=1S/C10H10N2O2S/c1-6-12-5-9(15-6)10(13)8-3-2-7(4-11)14-8/h2-3,5H,4,11H2,1H3. The monoisotopic (exact) mass is 222 g/mol. The number of thiazole rings is 1. The first-order chi connectivity index (χ1) is 7.20. The van der Waals surface area contributed by atoms with E-state index in [1.165, 1.54) is 11.3 Å². The fourth-order valence-corrected chi connectivity index (χ4v) is 1.92. The van der Waals surface area contributed by atoms with Gasteiger partial charge in [-0.3, -0.25) is 4.79 Å². The van der Waals surface area contributed by atoms with E-state index in [4.69, 9.17) is 10.2 Å². The van der Waals surface area contributed by atoms with Crippen LogP contribution >= 0.6 is 11.3 Å². The molecule has 0 fully saturated rings. The summed E-state index contributed by atoms with van der Waals surface area (Å²) >= 11 is 1.36. The van der Waals surface area contributed by atoms with Gasteiger partial charge in [0, 0.05) is 6.20 Å². The van der Waals surface area contributed by atoms with E-state index in [0.29, 0.717) is 22.9 Å². The van der Waals surface area contributed by atoms with E-state index in [1.807, 2.05) is 6.92 Å². The molecule has 4 nitrogen and oxygen atoms in total. The highest BCUT2D eigenvalue weighted by atomic mass is 32.1. The smallest absolute Gasteiger partial charge is 0.239 e. The average molecular weight is 222 g/mol. The molecule has 5 heteroatoms. The highest BCUT2D eigenvalue weighted by Gasteiger charge is 2.15. The van der Waals surface area contributed by atoms with Crippen LogP contribution in [0.15, 0.2) is 22.7 Å². The average Bonchev–Trinajstić information content (AvgIpc) is 2.84. The second kappa shape index (κ2) is 3.96. The van der Waals surface area contributed by atoms with Crippen molar-refractivity contribution in [3.8, 4) is 0 Å². The van der Waals surface area contributed by atoms with Crippen molar-refractivity contribution in [2.24, 2.45) is 5.73 Å². The second-order valence-corrected chi connectivity index (χ2v) is 4.28. The van der Waals surface area contributed by atoms with Crippen molar-refractivity contribution in [2.45, 2.75) is 13.5 Å². The zero-order valence-corrected chi connectivity index (χ0v) is 9.00. The predicted octanol–water partition coefficient (Wildman–Crippen LogP) is 1.73. The lowest BCUT2D eigenvalue weighted by Gasteiger charge is -1.91. The first kappa shape index (κ1) is 10.1. The molecule has 0 aliphatic rings. The molecule has 0 unspecified atom stereocenters. The quantitative estimate of drug-likeness (QED) is 0.803. The van der Waals surface area contributed by atoms with Gasteiger partial charge in [0.2, 0.25) is 5.78 Å². The first-order valence-corrected chi connectivity index (χ1v) is 5.28. The maximum atomic E-state index is 11.8. The number of rotatable bonds is 3. The zero-order chi connectivity index (χ0) is 10.8. The molecule has 0 aliphatic carbocycles. The minimum Gasteiger partial charge on any atom is -0.456 e. The number of ketones is 1. The van der Waals surface area contributed by atoms with E-state index < -0.39 is 0 Å². The Morgan fingerprint density at radius 1 is 1.60 bits per heavy atom. The molecular formula is C10H10N2O2S. The van der Waals surface area contributed by atoms with Crippen molar-refractivity contribution in [3.05, 3.63) is 39.7 Å². The Bertz CT molecular complexity index is 487. The second-order valence-electron chi connectivity index (χ2n) is 3.04. The van der Waals surface area contributed by atoms with Crippen molar-refractivity contribution in [1.29, 1.82) is 0 Å². The number of aryl methyl sites for hydroxylation is 1. The third-order valence-corrected chi connectivity index (χ3v) is 2.84. The highest BCUT2D eigenvalue weighted by molar-refractivity contribution is 7.13. The van der Waals surface area contributed by atoms with E-state index >= 15 is 0 Å². The molecule has 0 saturated heterocycles. The fraction of sp³-hybridized carbons (Fsp3) is 0.200. The van der Waals surface area contributed by atoms with Crippen LogP contribution in [0, 0.1) is 6.92 Å². The van der Waals surface area contributed by atoms with Crippen molar-refractivity contribution >= 4 is 17.1 Å². The van der Waals surface area contributed by atoms with Gasteiger partial charge in [0.05, 0.1) is 16.4 Å². The summed E-state index contributed by atoms with van der Waals surface area (Å²) in [6, 6.07) is 3.35. The van der Waals surface area contributed by atoms with E-state index in [0.717, 1.165) is 5.01 Å². The molecule has 2 heterocycles. The van der Waals surface area contributed by atoms with Crippen LogP contribution in [0.5, 0.6) is 0 Å². The van der Waals surface area contributed by atoms with Gasteiger partial charge >= 0.3 is 0 Å². The van der Waals surface area contributed by atoms with Gasteiger partial charge in [-0.05, 0) is 19.1 Å². The topological polar surface area (TPSA) is 69.1 Å². The summed E-state index contributed by atoms with van der Waals surface area (Å²) in [7, 11) is 0. The zero-order valence-electron chi connectivity index (χ0n) is 8.19.